The van der Waals surface area contributed by atoms with E-state index in [1.807, 2.05) is 0 Å². The van der Waals surface area contributed by atoms with Crippen LogP contribution in [0.4, 0.5) is 0 Å². The van der Waals surface area contributed by atoms with Crippen LogP contribution in [0.15, 0.2) is 23.3 Å². The summed E-state index contributed by atoms with van der Waals surface area (Å²) >= 11 is 0. The summed E-state index contributed by atoms with van der Waals surface area (Å²) in [5, 5.41) is 0. The van der Waals surface area contributed by atoms with Crippen LogP contribution >= 0.6 is 0 Å². The summed E-state index contributed by atoms with van der Waals surface area (Å²) in [6.07, 6.45) is 6.73. The van der Waals surface area contributed by atoms with Crippen molar-refractivity contribution in [3.8, 4) is 0 Å². The average Bonchev–Trinajstić information content (AvgIpc) is 1.99. The van der Waals surface area contributed by atoms with Crippen molar-refractivity contribution in [2.45, 2.75) is 40.5 Å². The highest BCUT2D eigenvalue weighted by Crippen LogP contribution is 2.02. The van der Waals surface area contributed by atoms with Crippen molar-refractivity contribution < 1.29 is 0 Å². The first-order chi connectivity index (χ1) is 4.70. The average molecular weight is 138 g/mol. The Kier molecular flexibility index (Phi) is 5.00. The lowest BCUT2D eigenvalue weighted by atomic mass is 10.1. The maximum Gasteiger partial charge on any atom is -0.0349 e. The third-order valence-electron chi connectivity index (χ3n) is 1.77. The predicted octanol–water partition coefficient (Wildman–Crippen LogP) is 3.70. The molecule has 0 aliphatic heterocycles. The van der Waals surface area contributed by atoms with Gasteiger partial charge in [0.2, 0.25) is 0 Å². The SMILES string of the molecule is CC/C(C)=C\C=C(\C)CC. The van der Waals surface area contributed by atoms with Crippen molar-refractivity contribution in [2.24, 2.45) is 0 Å². The minimum atomic E-state index is 1.16. The third kappa shape index (κ3) is 4.37. The summed E-state index contributed by atoms with van der Waals surface area (Å²) in [6, 6.07) is 0. The Morgan fingerprint density at radius 2 is 1.20 bits per heavy atom. The Balaban J connectivity index is 3.91. The molecule has 0 radical (unpaired) electrons. The minimum absolute atomic E-state index is 1.16. The fourth-order valence-corrected chi connectivity index (χ4v) is 0.520. The summed E-state index contributed by atoms with van der Waals surface area (Å²) in [5.74, 6) is 0. The Morgan fingerprint density at radius 1 is 0.900 bits per heavy atom. The van der Waals surface area contributed by atoms with E-state index in [1.165, 1.54) is 11.1 Å². The van der Waals surface area contributed by atoms with E-state index in [0.717, 1.165) is 12.8 Å². The van der Waals surface area contributed by atoms with Crippen LogP contribution < -0.4 is 0 Å². The van der Waals surface area contributed by atoms with Gasteiger partial charge in [-0.15, -0.1) is 0 Å². The number of hydrogen-bond acceptors (Lipinski definition) is 0. The maximum absolute atomic E-state index is 2.21. The molecule has 0 atom stereocenters. The normalized spacial score (nSPS) is 14.0. The van der Waals surface area contributed by atoms with Crippen LogP contribution in [0.3, 0.4) is 0 Å². The topological polar surface area (TPSA) is 0 Å². The van der Waals surface area contributed by atoms with Gasteiger partial charge in [-0.25, -0.2) is 0 Å². The molecule has 0 heterocycles. The Hall–Kier alpha value is -0.520. The molecule has 0 rings (SSSR count). The fourth-order valence-electron chi connectivity index (χ4n) is 0.520. The van der Waals surface area contributed by atoms with Crippen LogP contribution in [0.2, 0.25) is 0 Å². The minimum Gasteiger partial charge on any atom is -0.0736 e. The molecule has 0 aliphatic rings. The van der Waals surface area contributed by atoms with Gasteiger partial charge >= 0.3 is 0 Å². The van der Waals surface area contributed by atoms with Crippen LogP contribution in [0.25, 0.3) is 0 Å². The molecule has 10 heavy (non-hydrogen) atoms. The largest absolute Gasteiger partial charge is 0.0736 e. The van der Waals surface area contributed by atoms with Gasteiger partial charge in [-0.1, -0.05) is 37.1 Å². The van der Waals surface area contributed by atoms with Crippen molar-refractivity contribution in [2.75, 3.05) is 0 Å². The number of rotatable bonds is 3. The van der Waals surface area contributed by atoms with Gasteiger partial charge in [-0.05, 0) is 26.7 Å². The van der Waals surface area contributed by atoms with Crippen LogP contribution in [-0.4, -0.2) is 0 Å². The van der Waals surface area contributed by atoms with E-state index < -0.39 is 0 Å². The van der Waals surface area contributed by atoms with Gasteiger partial charge in [-0.2, -0.15) is 0 Å². The molecule has 0 aliphatic carbocycles. The second kappa shape index (κ2) is 5.28. The summed E-state index contributed by atoms with van der Waals surface area (Å²) < 4.78 is 0. The lowest BCUT2D eigenvalue weighted by molar-refractivity contribution is 1.08. The number of allylic oxidation sites excluding steroid dienone is 4. The van der Waals surface area contributed by atoms with E-state index in [9.17, 15) is 0 Å². The van der Waals surface area contributed by atoms with Crippen molar-refractivity contribution in [3.63, 3.8) is 0 Å². The van der Waals surface area contributed by atoms with Crippen LogP contribution in [0, 0.1) is 0 Å². The maximum atomic E-state index is 2.21. The van der Waals surface area contributed by atoms with Gasteiger partial charge in [-0.3, -0.25) is 0 Å². The highest BCUT2D eigenvalue weighted by atomic mass is 13.9. The highest BCUT2D eigenvalue weighted by molar-refractivity contribution is 5.14. The van der Waals surface area contributed by atoms with Gasteiger partial charge in [0.1, 0.15) is 0 Å². The first kappa shape index (κ1) is 9.48. The van der Waals surface area contributed by atoms with Crippen molar-refractivity contribution in [1.29, 1.82) is 0 Å². The molecule has 0 saturated carbocycles. The molecule has 0 saturated heterocycles. The van der Waals surface area contributed by atoms with Gasteiger partial charge in [0.05, 0.1) is 0 Å². The quantitative estimate of drug-likeness (QED) is 0.522. The standard InChI is InChI=1S/C10H18/c1-5-9(3)7-8-10(4)6-2/h7-8H,5-6H2,1-4H3/b9-7-,10-8-. The van der Waals surface area contributed by atoms with Gasteiger partial charge in [0, 0.05) is 0 Å². The van der Waals surface area contributed by atoms with Crippen LogP contribution in [0.5, 0.6) is 0 Å². The Bertz CT molecular complexity index is 120. The van der Waals surface area contributed by atoms with E-state index in [2.05, 4.69) is 39.8 Å². The molecule has 0 spiro atoms. The first-order valence-electron chi connectivity index (χ1n) is 4.03. The van der Waals surface area contributed by atoms with E-state index in [1.54, 1.807) is 0 Å². The summed E-state index contributed by atoms with van der Waals surface area (Å²) in [6.45, 7) is 8.70. The molecule has 0 nitrogen and oxygen atoms in total. The molecule has 0 N–H and O–H groups in total. The van der Waals surface area contributed by atoms with Gasteiger partial charge in [0.15, 0.2) is 0 Å². The molecule has 0 bridgehead atoms. The van der Waals surface area contributed by atoms with E-state index in [4.69, 9.17) is 0 Å². The zero-order valence-electron chi connectivity index (χ0n) is 7.57. The first-order valence-corrected chi connectivity index (χ1v) is 4.03. The second-order valence-corrected chi connectivity index (χ2v) is 2.73. The van der Waals surface area contributed by atoms with Gasteiger partial charge < -0.3 is 0 Å². The summed E-state index contributed by atoms with van der Waals surface area (Å²) in [7, 11) is 0. The molecular weight excluding hydrogens is 120 g/mol. The van der Waals surface area contributed by atoms with Crippen molar-refractivity contribution in [1.82, 2.24) is 0 Å². The summed E-state index contributed by atoms with van der Waals surface area (Å²) in [5.41, 5.74) is 2.90. The molecule has 0 aromatic rings. The molecule has 58 valence electrons. The van der Waals surface area contributed by atoms with Crippen molar-refractivity contribution in [3.05, 3.63) is 23.3 Å². The smallest absolute Gasteiger partial charge is 0.0349 e. The molecule has 0 aromatic carbocycles. The lowest BCUT2D eigenvalue weighted by Gasteiger charge is -1.92. The second-order valence-electron chi connectivity index (χ2n) is 2.73. The highest BCUT2D eigenvalue weighted by Gasteiger charge is 1.81. The van der Waals surface area contributed by atoms with E-state index in [-0.39, 0.29) is 0 Å². The van der Waals surface area contributed by atoms with Crippen LogP contribution in [-0.2, 0) is 0 Å². The monoisotopic (exact) mass is 138 g/mol. The molecule has 0 aromatic heterocycles. The molecule has 0 heteroatoms. The zero-order chi connectivity index (χ0) is 7.98. The number of hydrogen-bond donors (Lipinski definition) is 0. The summed E-state index contributed by atoms with van der Waals surface area (Å²) in [4.78, 5) is 0. The van der Waals surface area contributed by atoms with Gasteiger partial charge in [0.25, 0.3) is 0 Å². The van der Waals surface area contributed by atoms with Crippen LogP contribution in [0.1, 0.15) is 40.5 Å². The van der Waals surface area contributed by atoms with E-state index >= 15 is 0 Å². The Labute approximate surface area is 64.6 Å². The molecular formula is C10H18. The van der Waals surface area contributed by atoms with Crippen molar-refractivity contribution >= 4 is 0 Å². The lowest BCUT2D eigenvalue weighted by Crippen LogP contribution is -1.71. The molecule has 0 fully saturated rings. The molecule has 0 amide bonds. The third-order valence-corrected chi connectivity index (χ3v) is 1.77. The van der Waals surface area contributed by atoms with E-state index in [0.29, 0.717) is 0 Å². The predicted molar refractivity (Wildman–Crippen MR) is 48.1 cm³/mol. The zero-order valence-corrected chi connectivity index (χ0v) is 7.57. The Morgan fingerprint density at radius 3 is 1.40 bits per heavy atom. The molecule has 0 unspecified atom stereocenters. The fraction of sp³-hybridized carbons (Fsp3) is 0.600.